The van der Waals surface area contributed by atoms with Crippen LogP contribution < -0.4 is 29.4 Å². The predicted octanol–water partition coefficient (Wildman–Crippen LogP) is 5.71. The Balaban J connectivity index is 1.35. The molecule has 12 heteroatoms. The highest BCUT2D eigenvalue weighted by Crippen LogP contribution is 2.15. The highest BCUT2D eigenvalue weighted by atomic mass is 16.6. The van der Waals surface area contributed by atoms with Crippen LogP contribution in [0.2, 0.25) is 0 Å². The van der Waals surface area contributed by atoms with E-state index in [1.54, 1.807) is 24.3 Å². The van der Waals surface area contributed by atoms with Crippen molar-refractivity contribution in [2.75, 3.05) is 52.9 Å². The van der Waals surface area contributed by atoms with Crippen molar-refractivity contribution in [3.05, 3.63) is 154 Å². The van der Waals surface area contributed by atoms with Crippen LogP contribution in [0.15, 0.2) is 121 Å². The Hall–Kier alpha value is -7.08. The maximum Gasteiger partial charge on any atom is 0.346 e. The Bertz CT molecular complexity index is 2060. The topological polar surface area (TPSA) is 142 Å². The van der Waals surface area contributed by atoms with Gasteiger partial charge in [0.2, 0.25) is 0 Å². The van der Waals surface area contributed by atoms with Crippen molar-refractivity contribution in [3.63, 3.8) is 0 Å². The molecule has 0 unspecified atom stereocenters. The van der Waals surface area contributed by atoms with Crippen molar-refractivity contribution in [1.82, 2.24) is 0 Å². The number of ether oxygens (including phenoxy) is 8. The Morgan fingerprint density at radius 2 is 0.567 bits per heavy atom. The second-order valence-corrected chi connectivity index (χ2v) is 13.5. The predicted molar refractivity (Wildman–Crippen MR) is 223 cm³/mol. The number of hydrogen-bond acceptors (Lipinski definition) is 12. The second kappa shape index (κ2) is 22.8. The molecule has 0 aliphatic heterocycles. The summed E-state index contributed by atoms with van der Waals surface area (Å²) in [5, 5.41) is 0.208. The van der Waals surface area contributed by atoms with Gasteiger partial charge in [0, 0.05) is 0 Å². The molecule has 0 radical (unpaired) electrons. The molecule has 0 aliphatic carbocycles. The lowest BCUT2D eigenvalue weighted by molar-refractivity contribution is -0.145. The van der Waals surface area contributed by atoms with Gasteiger partial charge >= 0.3 is 23.9 Å². The first kappa shape index (κ1) is 44.0. The van der Waals surface area contributed by atoms with E-state index in [1.807, 2.05) is 100 Å². The van der Waals surface area contributed by atoms with Crippen LogP contribution in [-0.2, 0) is 38.1 Å². The summed E-state index contributed by atoms with van der Waals surface area (Å²) in [6.45, 7) is 7.11. The molecule has 5 aromatic carbocycles. The summed E-state index contributed by atoms with van der Waals surface area (Å²) in [6, 6.07) is 35.1. The quantitative estimate of drug-likeness (QED) is 0.0411. The third kappa shape index (κ3) is 14.1. The zero-order chi connectivity index (χ0) is 42.7. The average molecular weight is 817 g/mol. The van der Waals surface area contributed by atoms with Gasteiger partial charge in [0.05, 0.1) is 0 Å². The molecule has 0 spiro atoms. The van der Waals surface area contributed by atoms with Gasteiger partial charge in [-0.15, -0.1) is 0 Å². The highest BCUT2D eigenvalue weighted by molar-refractivity contribution is 6.37. The zero-order valence-electron chi connectivity index (χ0n) is 34.1. The molecule has 12 nitrogen and oxygen atoms in total. The molecule has 0 aromatic heterocycles. The van der Waals surface area contributed by atoms with Gasteiger partial charge in [0.25, 0.3) is 0 Å². The van der Waals surface area contributed by atoms with E-state index < -0.39 is 35.0 Å². The van der Waals surface area contributed by atoms with Gasteiger partial charge in [-0.25, -0.2) is 19.2 Å². The maximum atomic E-state index is 13.5. The molecule has 0 N–H and O–H groups in total. The van der Waals surface area contributed by atoms with E-state index in [0.29, 0.717) is 23.0 Å². The van der Waals surface area contributed by atoms with Crippen molar-refractivity contribution in [3.8, 4) is 23.0 Å². The molecule has 0 heterocycles. The molecule has 0 saturated heterocycles. The fourth-order valence-electron chi connectivity index (χ4n) is 5.73. The first-order valence-corrected chi connectivity index (χ1v) is 19.4. The summed E-state index contributed by atoms with van der Waals surface area (Å²) in [4.78, 5) is 54.0. The summed E-state index contributed by atoms with van der Waals surface area (Å²) in [7, 11) is 0. The van der Waals surface area contributed by atoms with Crippen LogP contribution in [-0.4, -0.2) is 76.7 Å². The fourth-order valence-corrected chi connectivity index (χ4v) is 5.73. The zero-order valence-corrected chi connectivity index (χ0v) is 34.1. The van der Waals surface area contributed by atoms with Gasteiger partial charge in [-0.1, -0.05) is 72.8 Å². The molecule has 60 heavy (non-hydrogen) atoms. The number of benzene rings is 5. The van der Waals surface area contributed by atoms with Gasteiger partial charge in [0.1, 0.15) is 75.9 Å². The van der Waals surface area contributed by atoms with Crippen LogP contribution in [0.3, 0.4) is 0 Å². The van der Waals surface area contributed by atoms with Gasteiger partial charge in [-0.2, -0.15) is 0 Å². The minimum absolute atomic E-state index is 0.0232. The molecular formula is C48H48O12. The van der Waals surface area contributed by atoms with Crippen molar-refractivity contribution in [1.29, 1.82) is 0 Å². The van der Waals surface area contributed by atoms with Crippen LogP contribution in [0.5, 0.6) is 23.0 Å². The summed E-state index contributed by atoms with van der Waals surface area (Å²) >= 11 is 0. The van der Waals surface area contributed by atoms with Gasteiger partial charge < -0.3 is 37.9 Å². The maximum absolute atomic E-state index is 13.5. The van der Waals surface area contributed by atoms with Gasteiger partial charge in [-0.3, -0.25) is 0 Å². The number of esters is 4. The molecule has 0 saturated carbocycles. The fraction of sp³-hybridized carbons (Fsp3) is 0.250. The third-order valence-electron chi connectivity index (χ3n) is 8.58. The number of carbonyl (C=O) groups excluding carboxylic acids is 4. The number of rotatable bonds is 20. The molecule has 0 amide bonds. The normalized spacial score (nSPS) is 10.5. The average Bonchev–Trinajstić information content (AvgIpc) is 3.22. The van der Waals surface area contributed by atoms with E-state index in [-0.39, 0.29) is 63.3 Å². The lowest BCUT2D eigenvalue weighted by Gasteiger charge is -2.12. The molecule has 312 valence electrons. The molecule has 5 aromatic rings. The third-order valence-corrected chi connectivity index (χ3v) is 8.58. The number of aryl methyl sites for hydroxylation is 4. The van der Waals surface area contributed by atoms with Crippen molar-refractivity contribution < 1.29 is 57.1 Å². The minimum atomic E-state index is -0.967. The Morgan fingerprint density at radius 1 is 0.333 bits per heavy atom. The molecule has 5 rings (SSSR count). The highest BCUT2D eigenvalue weighted by Gasteiger charge is 2.25. The second-order valence-electron chi connectivity index (χ2n) is 13.5. The molecule has 0 atom stereocenters. The Labute approximate surface area is 348 Å². The van der Waals surface area contributed by atoms with E-state index in [9.17, 15) is 19.2 Å². The molecule has 0 bridgehead atoms. The van der Waals surface area contributed by atoms with Crippen molar-refractivity contribution in [2.24, 2.45) is 0 Å². The Morgan fingerprint density at radius 3 is 0.783 bits per heavy atom. The number of carbonyl (C=O) groups is 4. The van der Waals surface area contributed by atoms with Crippen LogP contribution >= 0.6 is 0 Å². The van der Waals surface area contributed by atoms with E-state index >= 15 is 0 Å². The molecule has 0 fully saturated rings. The smallest absolute Gasteiger partial charge is 0.346 e. The lowest BCUT2D eigenvalue weighted by atomic mass is 10.1. The van der Waals surface area contributed by atoms with Crippen LogP contribution in [0, 0.1) is 27.7 Å². The van der Waals surface area contributed by atoms with Crippen molar-refractivity contribution in [2.45, 2.75) is 27.7 Å². The van der Waals surface area contributed by atoms with Crippen LogP contribution in [0.25, 0.3) is 11.1 Å². The minimum Gasteiger partial charge on any atom is -0.490 e. The largest absolute Gasteiger partial charge is 0.490 e. The van der Waals surface area contributed by atoms with Crippen LogP contribution in [0.1, 0.15) is 22.3 Å². The summed E-state index contributed by atoms with van der Waals surface area (Å²) in [5.74, 6) is -1.48. The van der Waals surface area contributed by atoms with E-state index in [0.717, 1.165) is 22.3 Å². The SMILES string of the molecule is Cc1cccc(OCCOC(=O)C(C(=O)OCCOc2cccc(C)c2)=c2ccc(=C(C(=O)OCCOc3cccc(C)c3)C(=O)OCCOc3cccc(C)c3)cc2)c1. The number of hydrogen-bond donors (Lipinski definition) is 0. The summed E-state index contributed by atoms with van der Waals surface area (Å²) in [5.41, 5.74) is 3.16. The summed E-state index contributed by atoms with van der Waals surface area (Å²) in [6.07, 6.45) is 0. The first-order valence-electron chi connectivity index (χ1n) is 19.4. The van der Waals surface area contributed by atoms with Gasteiger partial charge in [-0.05, 0) is 109 Å². The standard InChI is InChI=1S/C48H48O12/c1-33-9-5-13-39(29-33)53-21-25-57-45(49)43(46(50)58-26-22-54-40-14-6-10-34(2)30-40)37-17-19-38(20-18-37)44(47(51)59-27-23-55-41-15-7-11-35(3)31-41)48(52)60-28-24-56-42-16-8-12-36(4)32-42/h5-20,29-32H,21-28H2,1-4H3. The summed E-state index contributed by atoms with van der Waals surface area (Å²) < 4.78 is 44.6. The van der Waals surface area contributed by atoms with E-state index in [2.05, 4.69) is 0 Å². The van der Waals surface area contributed by atoms with E-state index in [4.69, 9.17) is 37.9 Å². The molecule has 0 aliphatic rings. The molecular weight excluding hydrogens is 769 g/mol. The Kier molecular flexibility index (Phi) is 16.7. The van der Waals surface area contributed by atoms with Crippen molar-refractivity contribution >= 4 is 35.0 Å². The lowest BCUT2D eigenvalue weighted by Crippen LogP contribution is -2.29. The van der Waals surface area contributed by atoms with E-state index in [1.165, 1.54) is 24.3 Å². The van der Waals surface area contributed by atoms with Crippen LogP contribution in [0.4, 0.5) is 0 Å². The monoisotopic (exact) mass is 816 g/mol. The van der Waals surface area contributed by atoms with Gasteiger partial charge in [0.15, 0.2) is 11.1 Å². The first-order chi connectivity index (χ1) is 29.0.